The topological polar surface area (TPSA) is 81.0 Å². The summed E-state index contributed by atoms with van der Waals surface area (Å²) in [4.78, 5) is 11.7. The second-order valence-corrected chi connectivity index (χ2v) is 5.23. The van der Waals surface area contributed by atoms with Gasteiger partial charge in [-0.1, -0.05) is 12.1 Å². The highest BCUT2D eigenvalue weighted by molar-refractivity contribution is 6.06. The van der Waals surface area contributed by atoms with Crippen molar-refractivity contribution in [2.75, 3.05) is 7.11 Å². The number of aromatic nitrogens is 1. The molecule has 114 valence electrons. The molecule has 0 spiro atoms. The zero-order valence-electron chi connectivity index (χ0n) is 12.6. The van der Waals surface area contributed by atoms with Crippen LogP contribution in [0.5, 0.6) is 5.75 Å². The van der Waals surface area contributed by atoms with Crippen LogP contribution in [0, 0.1) is 11.3 Å². The van der Waals surface area contributed by atoms with E-state index in [1.807, 2.05) is 34.9 Å². The van der Waals surface area contributed by atoms with E-state index in [1.54, 1.807) is 25.4 Å². The van der Waals surface area contributed by atoms with Crippen LogP contribution in [0.2, 0.25) is 0 Å². The number of nitrogens with zero attached hydrogens (tertiary/aromatic N) is 2. The van der Waals surface area contributed by atoms with Crippen LogP contribution in [0.1, 0.15) is 21.5 Å². The van der Waals surface area contributed by atoms with Crippen LogP contribution in [0.15, 0.2) is 48.7 Å². The van der Waals surface area contributed by atoms with Crippen molar-refractivity contribution in [2.45, 2.75) is 6.54 Å². The fraction of sp³-hybridized carbons (Fsp3) is 0.111. The molecule has 0 atom stereocenters. The molecule has 0 radical (unpaired) electrons. The molecule has 0 fully saturated rings. The van der Waals surface area contributed by atoms with Crippen LogP contribution in [0.4, 0.5) is 0 Å². The minimum atomic E-state index is -0.468. The Balaban J connectivity index is 2.12. The summed E-state index contributed by atoms with van der Waals surface area (Å²) in [5, 5.41) is 9.80. The number of nitrogens with two attached hydrogens (primary N) is 1. The third-order valence-corrected chi connectivity index (χ3v) is 3.76. The van der Waals surface area contributed by atoms with Gasteiger partial charge in [-0.15, -0.1) is 0 Å². The Kier molecular flexibility index (Phi) is 3.73. The number of hydrogen-bond donors (Lipinski definition) is 1. The number of rotatable bonds is 4. The standard InChI is InChI=1S/C18H15N3O2/c1-23-14-5-6-15-16(18(20)22)11-21(17(15)8-14)10-13-4-2-3-12(7-13)9-19/h2-8,11H,10H2,1H3,(H2,20,22). The normalized spacial score (nSPS) is 10.4. The average Bonchev–Trinajstić information content (AvgIpc) is 2.93. The first-order valence-electron chi connectivity index (χ1n) is 7.08. The smallest absolute Gasteiger partial charge is 0.250 e. The zero-order valence-corrected chi connectivity index (χ0v) is 12.6. The number of carbonyl (C=O) groups excluding carboxylic acids is 1. The molecule has 3 rings (SSSR count). The molecule has 0 saturated carbocycles. The Labute approximate surface area is 133 Å². The SMILES string of the molecule is COc1ccc2c(C(N)=O)cn(Cc3cccc(C#N)c3)c2c1. The second kappa shape index (κ2) is 5.85. The van der Waals surface area contributed by atoms with E-state index < -0.39 is 5.91 Å². The lowest BCUT2D eigenvalue weighted by Gasteiger charge is -2.07. The molecule has 0 aliphatic rings. The molecule has 1 amide bonds. The maximum absolute atomic E-state index is 11.7. The lowest BCUT2D eigenvalue weighted by atomic mass is 10.1. The molecule has 0 unspecified atom stereocenters. The minimum absolute atomic E-state index is 0.468. The highest BCUT2D eigenvalue weighted by Crippen LogP contribution is 2.26. The number of primary amides is 1. The van der Waals surface area contributed by atoms with Crippen LogP contribution in [-0.4, -0.2) is 17.6 Å². The van der Waals surface area contributed by atoms with E-state index in [9.17, 15) is 4.79 Å². The highest BCUT2D eigenvalue weighted by atomic mass is 16.5. The first-order valence-corrected chi connectivity index (χ1v) is 7.08. The Morgan fingerprint density at radius 3 is 2.83 bits per heavy atom. The monoisotopic (exact) mass is 305 g/mol. The van der Waals surface area contributed by atoms with Crippen molar-refractivity contribution in [1.82, 2.24) is 4.57 Å². The lowest BCUT2D eigenvalue weighted by Crippen LogP contribution is -2.10. The van der Waals surface area contributed by atoms with Gasteiger partial charge in [-0.3, -0.25) is 4.79 Å². The summed E-state index contributed by atoms with van der Waals surface area (Å²) in [6, 6.07) is 15.0. The van der Waals surface area contributed by atoms with E-state index in [4.69, 9.17) is 15.7 Å². The van der Waals surface area contributed by atoms with Crippen molar-refractivity contribution in [2.24, 2.45) is 5.73 Å². The third kappa shape index (κ3) is 2.74. The molecule has 5 heteroatoms. The molecule has 1 aromatic heterocycles. The van der Waals surface area contributed by atoms with Gasteiger partial charge >= 0.3 is 0 Å². The number of benzene rings is 2. The predicted molar refractivity (Wildman–Crippen MR) is 87.3 cm³/mol. The number of hydrogen-bond acceptors (Lipinski definition) is 3. The molecule has 0 bridgehead atoms. The number of amides is 1. The van der Waals surface area contributed by atoms with Crippen molar-refractivity contribution in [3.05, 3.63) is 65.4 Å². The lowest BCUT2D eigenvalue weighted by molar-refractivity contribution is 0.100. The Morgan fingerprint density at radius 2 is 2.13 bits per heavy atom. The zero-order chi connectivity index (χ0) is 16.4. The summed E-state index contributed by atoms with van der Waals surface area (Å²) in [6.45, 7) is 0.534. The second-order valence-electron chi connectivity index (χ2n) is 5.23. The molecule has 1 heterocycles. The molecule has 0 saturated heterocycles. The molecule has 3 aromatic rings. The van der Waals surface area contributed by atoms with Crippen LogP contribution in [0.25, 0.3) is 10.9 Å². The molecule has 2 N–H and O–H groups in total. The van der Waals surface area contributed by atoms with Crippen molar-refractivity contribution >= 4 is 16.8 Å². The minimum Gasteiger partial charge on any atom is -0.497 e. The number of nitriles is 1. The van der Waals surface area contributed by atoms with Crippen molar-refractivity contribution < 1.29 is 9.53 Å². The third-order valence-electron chi connectivity index (χ3n) is 3.76. The van der Waals surface area contributed by atoms with Gasteiger partial charge in [0.15, 0.2) is 0 Å². The van der Waals surface area contributed by atoms with Crippen molar-refractivity contribution in [3.63, 3.8) is 0 Å². The van der Waals surface area contributed by atoms with E-state index in [1.165, 1.54) is 0 Å². The van der Waals surface area contributed by atoms with Gasteiger partial charge in [-0.25, -0.2) is 0 Å². The largest absolute Gasteiger partial charge is 0.497 e. The van der Waals surface area contributed by atoms with Gasteiger partial charge in [-0.2, -0.15) is 5.26 Å². The maximum atomic E-state index is 11.7. The molecule has 5 nitrogen and oxygen atoms in total. The Morgan fingerprint density at radius 1 is 1.30 bits per heavy atom. The summed E-state index contributed by atoms with van der Waals surface area (Å²) in [5.41, 5.74) is 8.38. The first-order chi connectivity index (χ1) is 11.1. The van der Waals surface area contributed by atoms with Gasteiger partial charge in [0, 0.05) is 24.2 Å². The Bertz CT molecular complexity index is 935. The van der Waals surface area contributed by atoms with E-state index in [0.29, 0.717) is 23.4 Å². The molecule has 0 aliphatic heterocycles. The van der Waals surface area contributed by atoms with Crippen molar-refractivity contribution in [1.29, 1.82) is 5.26 Å². The average molecular weight is 305 g/mol. The molecule has 0 aliphatic carbocycles. The van der Waals surface area contributed by atoms with E-state index in [2.05, 4.69) is 6.07 Å². The van der Waals surface area contributed by atoms with Gasteiger partial charge < -0.3 is 15.0 Å². The van der Waals surface area contributed by atoms with Gasteiger partial charge in [0.05, 0.1) is 29.8 Å². The van der Waals surface area contributed by atoms with Gasteiger partial charge in [0.1, 0.15) is 5.75 Å². The van der Waals surface area contributed by atoms with Crippen LogP contribution in [0.3, 0.4) is 0 Å². The number of methoxy groups -OCH3 is 1. The van der Waals surface area contributed by atoms with E-state index >= 15 is 0 Å². The van der Waals surface area contributed by atoms with E-state index in [0.717, 1.165) is 16.5 Å². The van der Waals surface area contributed by atoms with E-state index in [-0.39, 0.29) is 0 Å². The van der Waals surface area contributed by atoms with Crippen LogP contribution in [-0.2, 0) is 6.54 Å². The summed E-state index contributed by atoms with van der Waals surface area (Å²) >= 11 is 0. The summed E-state index contributed by atoms with van der Waals surface area (Å²) < 4.78 is 7.20. The predicted octanol–water partition coefficient (Wildman–Crippen LogP) is 2.67. The maximum Gasteiger partial charge on any atom is 0.250 e. The summed E-state index contributed by atoms with van der Waals surface area (Å²) in [7, 11) is 1.60. The fourth-order valence-electron chi connectivity index (χ4n) is 2.66. The number of fused-ring (bicyclic) bond motifs is 1. The number of carbonyl (C=O) groups is 1. The Hall–Kier alpha value is -3.26. The first kappa shape index (κ1) is 14.7. The molecule has 2 aromatic carbocycles. The highest BCUT2D eigenvalue weighted by Gasteiger charge is 2.13. The van der Waals surface area contributed by atoms with Gasteiger partial charge in [-0.05, 0) is 29.8 Å². The van der Waals surface area contributed by atoms with Gasteiger partial charge in [0.25, 0.3) is 5.91 Å². The molecular formula is C18H15N3O2. The van der Waals surface area contributed by atoms with Gasteiger partial charge in [0.2, 0.25) is 0 Å². The number of ether oxygens (including phenoxy) is 1. The fourth-order valence-corrected chi connectivity index (χ4v) is 2.66. The molecule has 23 heavy (non-hydrogen) atoms. The van der Waals surface area contributed by atoms with Crippen LogP contribution >= 0.6 is 0 Å². The molecular weight excluding hydrogens is 290 g/mol. The summed E-state index contributed by atoms with van der Waals surface area (Å²) in [6.07, 6.45) is 1.74. The van der Waals surface area contributed by atoms with Crippen LogP contribution < -0.4 is 10.5 Å². The summed E-state index contributed by atoms with van der Waals surface area (Å²) in [5.74, 6) is 0.239. The van der Waals surface area contributed by atoms with Crippen molar-refractivity contribution in [3.8, 4) is 11.8 Å². The quantitative estimate of drug-likeness (QED) is 0.804.